The number of hydrogen-bond acceptors (Lipinski definition) is 3. The molecule has 0 aromatic heterocycles. The highest BCUT2D eigenvalue weighted by molar-refractivity contribution is 5.78. The van der Waals surface area contributed by atoms with Gasteiger partial charge < -0.3 is 9.80 Å². The van der Waals surface area contributed by atoms with Gasteiger partial charge in [-0.1, -0.05) is 13.0 Å². The van der Waals surface area contributed by atoms with E-state index in [1.54, 1.807) is 18.0 Å². The summed E-state index contributed by atoms with van der Waals surface area (Å²) in [4.78, 5) is 20.4. The van der Waals surface area contributed by atoms with Crippen LogP contribution in [0.1, 0.15) is 40.5 Å². The Labute approximate surface area is 149 Å². The lowest BCUT2D eigenvalue weighted by molar-refractivity contribution is -0.135. The molecule has 0 saturated carbocycles. The van der Waals surface area contributed by atoms with Crippen molar-refractivity contribution in [1.82, 2.24) is 9.80 Å². The highest BCUT2D eigenvalue weighted by Crippen LogP contribution is 2.26. The molecule has 1 unspecified atom stereocenters. The molecule has 0 bridgehead atoms. The van der Waals surface area contributed by atoms with Crippen LogP contribution < -0.4 is 0 Å². The van der Waals surface area contributed by atoms with E-state index in [0.29, 0.717) is 13.1 Å². The third kappa shape index (κ3) is 10.3. The molecule has 146 valence electrons. The number of aliphatic imine (C=N–C) groups is 1. The molecular formula is C18H32F3N3O. The molecule has 0 radical (unpaired) electrons. The van der Waals surface area contributed by atoms with Gasteiger partial charge in [0.1, 0.15) is 0 Å². The van der Waals surface area contributed by atoms with Crippen molar-refractivity contribution in [2.45, 2.75) is 46.7 Å². The Morgan fingerprint density at radius 1 is 1.24 bits per heavy atom. The van der Waals surface area contributed by atoms with Gasteiger partial charge in [-0.25, -0.2) is 0 Å². The molecule has 0 aromatic carbocycles. The standard InChI is InChI=1S/C18H32F3N3O/c1-6-22-11-8-12-23(5)13-14-24(7-2)17(25)15(3)9-10-16(4)18(19,20)21/h6,10,15H,7-9,11-14H2,1-5H3. The fourth-order valence-corrected chi connectivity index (χ4v) is 2.27. The molecule has 4 nitrogen and oxygen atoms in total. The van der Waals surface area contributed by atoms with Crippen LogP contribution >= 0.6 is 0 Å². The Morgan fingerprint density at radius 2 is 1.88 bits per heavy atom. The van der Waals surface area contributed by atoms with Gasteiger partial charge in [-0.2, -0.15) is 13.2 Å². The van der Waals surface area contributed by atoms with Gasteiger partial charge in [-0.05, 0) is 53.4 Å². The van der Waals surface area contributed by atoms with E-state index in [0.717, 1.165) is 39.1 Å². The summed E-state index contributed by atoms with van der Waals surface area (Å²) in [5.74, 6) is -0.556. The number of likely N-dealkylation sites (N-methyl/N-ethyl adjacent to an activating group) is 2. The van der Waals surface area contributed by atoms with Crippen LogP contribution in [0.5, 0.6) is 0 Å². The molecule has 25 heavy (non-hydrogen) atoms. The number of rotatable bonds is 11. The number of nitrogens with zero attached hydrogens (tertiary/aromatic N) is 3. The Balaban J connectivity index is 4.41. The summed E-state index contributed by atoms with van der Waals surface area (Å²) in [6, 6.07) is 0. The van der Waals surface area contributed by atoms with E-state index in [9.17, 15) is 18.0 Å². The van der Waals surface area contributed by atoms with Gasteiger partial charge in [-0.3, -0.25) is 9.79 Å². The van der Waals surface area contributed by atoms with E-state index >= 15 is 0 Å². The molecule has 0 saturated heterocycles. The first-order valence-corrected chi connectivity index (χ1v) is 8.79. The predicted octanol–water partition coefficient (Wildman–Crippen LogP) is 3.78. The highest BCUT2D eigenvalue weighted by Gasteiger charge is 2.30. The van der Waals surface area contributed by atoms with Crippen molar-refractivity contribution in [3.8, 4) is 0 Å². The number of hydrogen-bond donors (Lipinski definition) is 0. The zero-order chi connectivity index (χ0) is 19.5. The lowest BCUT2D eigenvalue weighted by Crippen LogP contribution is -2.40. The molecule has 0 aliphatic rings. The Bertz CT molecular complexity index is 447. The van der Waals surface area contributed by atoms with E-state index in [-0.39, 0.29) is 12.3 Å². The maximum Gasteiger partial charge on any atom is 0.412 e. The van der Waals surface area contributed by atoms with Gasteiger partial charge in [0, 0.05) is 37.7 Å². The Kier molecular flexibility index (Phi) is 11.4. The van der Waals surface area contributed by atoms with E-state index < -0.39 is 17.7 Å². The lowest BCUT2D eigenvalue weighted by atomic mass is 10.0. The molecular weight excluding hydrogens is 331 g/mol. The van der Waals surface area contributed by atoms with Gasteiger partial charge >= 0.3 is 6.18 Å². The van der Waals surface area contributed by atoms with Crippen LogP contribution in [0.4, 0.5) is 13.2 Å². The topological polar surface area (TPSA) is 35.9 Å². The van der Waals surface area contributed by atoms with E-state index in [1.165, 1.54) is 0 Å². The van der Waals surface area contributed by atoms with Crippen LogP contribution in [-0.4, -0.2) is 67.9 Å². The molecule has 0 spiro atoms. The van der Waals surface area contributed by atoms with Gasteiger partial charge in [-0.15, -0.1) is 0 Å². The zero-order valence-corrected chi connectivity index (χ0v) is 16.1. The second-order valence-corrected chi connectivity index (χ2v) is 6.26. The van der Waals surface area contributed by atoms with Gasteiger partial charge in [0.25, 0.3) is 0 Å². The number of halogens is 3. The molecule has 0 rings (SSSR count). The second kappa shape index (κ2) is 12.1. The molecule has 0 heterocycles. The van der Waals surface area contributed by atoms with Crippen LogP contribution in [0, 0.1) is 5.92 Å². The number of carbonyl (C=O) groups is 1. The quantitative estimate of drug-likeness (QED) is 0.318. The average Bonchev–Trinajstić information content (AvgIpc) is 2.55. The van der Waals surface area contributed by atoms with Crippen molar-refractivity contribution in [2.75, 3.05) is 39.8 Å². The van der Waals surface area contributed by atoms with E-state index in [2.05, 4.69) is 9.89 Å². The van der Waals surface area contributed by atoms with E-state index in [4.69, 9.17) is 0 Å². The maximum atomic E-state index is 12.5. The molecule has 0 N–H and O–H groups in total. The maximum absolute atomic E-state index is 12.5. The predicted molar refractivity (Wildman–Crippen MR) is 97.0 cm³/mol. The van der Waals surface area contributed by atoms with Crippen LogP contribution in [0.3, 0.4) is 0 Å². The third-order valence-electron chi connectivity index (χ3n) is 4.10. The fourth-order valence-electron chi connectivity index (χ4n) is 2.27. The van der Waals surface area contributed by atoms with Crippen molar-refractivity contribution in [3.63, 3.8) is 0 Å². The summed E-state index contributed by atoms with van der Waals surface area (Å²) in [7, 11) is 1.99. The normalized spacial score (nSPS) is 14.4. The molecule has 7 heteroatoms. The molecule has 1 atom stereocenters. The molecule has 0 aliphatic carbocycles. The average molecular weight is 363 g/mol. The SMILES string of the molecule is CC=NCCCN(C)CCN(CC)C(=O)C(C)CC=C(C)C(F)(F)F. The number of allylic oxidation sites excluding steroid dienone is 2. The van der Waals surface area contributed by atoms with E-state index in [1.807, 2.05) is 20.9 Å². The zero-order valence-electron chi connectivity index (χ0n) is 16.1. The Hall–Kier alpha value is -1.37. The second-order valence-electron chi connectivity index (χ2n) is 6.26. The summed E-state index contributed by atoms with van der Waals surface area (Å²) in [5.41, 5.74) is -0.648. The minimum Gasteiger partial charge on any atom is -0.341 e. The smallest absolute Gasteiger partial charge is 0.341 e. The van der Waals surface area contributed by atoms with Crippen LogP contribution in [-0.2, 0) is 4.79 Å². The number of alkyl halides is 3. The summed E-state index contributed by atoms with van der Waals surface area (Å²) in [6.45, 7) is 10.0. The van der Waals surface area contributed by atoms with Gasteiger partial charge in [0.05, 0.1) is 0 Å². The van der Waals surface area contributed by atoms with Crippen LogP contribution in [0.2, 0.25) is 0 Å². The number of carbonyl (C=O) groups excluding carboxylic acids is 1. The summed E-state index contributed by atoms with van der Waals surface area (Å²) >= 11 is 0. The van der Waals surface area contributed by atoms with Crippen LogP contribution in [0.25, 0.3) is 0 Å². The first-order valence-electron chi connectivity index (χ1n) is 8.79. The highest BCUT2D eigenvalue weighted by atomic mass is 19.4. The van der Waals surface area contributed by atoms with Crippen molar-refractivity contribution in [2.24, 2.45) is 10.9 Å². The molecule has 0 fully saturated rings. The van der Waals surface area contributed by atoms with Crippen molar-refractivity contribution < 1.29 is 18.0 Å². The first kappa shape index (κ1) is 23.6. The molecule has 1 amide bonds. The van der Waals surface area contributed by atoms with Gasteiger partial charge in [0.15, 0.2) is 0 Å². The summed E-state index contributed by atoms with van der Waals surface area (Å²) < 4.78 is 37.5. The van der Waals surface area contributed by atoms with Gasteiger partial charge in [0.2, 0.25) is 5.91 Å². The van der Waals surface area contributed by atoms with Crippen molar-refractivity contribution in [1.29, 1.82) is 0 Å². The van der Waals surface area contributed by atoms with Crippen molar-refractivity contribution >= 4 is 12.1 Å². The van der Waals surface area contributed by atoms with Crippen molar-refractivity contribution in [3.05, 3.63) is 11.6 Å². The lowest BCUT2D eigenvalue weighted by Gasteiger charge is -2.26. The Morgan fingerprint density at radius 3 is 2.40 bits per heavy atom. The number of amides is 1. The largest absolute Gasteiger partial charge is 0.412 e. The molecule has 0 aromatic rings. The van der Waals surface area contributed by atoms with Crippen LogP contribution in [0.15, 0.2) is 16.6 Å². The minimum atomic E-state index is -4.32. The third-order valence-corrected chi connectivity index (χ3v) is 4.10. The molecule has 0 aliphatic heterocycles. The minimum absolute atomic E-state index is 0.0993. The first-order chi connectivity index (χ1) is 11.6. The summed E-state index contributed by atoms with van der Waals surface area (Å²) in [5, 5.41) is 0. The monoisotopic (exact) mass is 363 g/mol. The summed E-state index contributed by atoms with van der Waals surface area (Å²) in [6.07, 6.45) is -0.368. The fraction of sp³-hybridized carbons (Fsp3) is 0.778.